The molecule has 0 saturated carbocycles. The molecular formula is C33H25NO. The molecule has 0 radical (unpaired) electrons. The van der Waals surface area contributed by atoms with Gasteiger partial charge in [-0.2, -0.15) is 4.74 Å². The fraction of sp³-hybridized carbons (Fsp3) is 0.0909. The second-order valence-electron chi connectivity index (χ2n) is 9.60. The van der Waals surface area contributed by atoms with E-state index >= 15 is 0 Å². The quantitative estimate of drug-likeness (QED) is 0.249. The Morgan fingerprint density at radius 1 is 0.743 bits per heavy atom. The summed E-state index contributed by atoms with van der Waals surface area (Å²) in [6, 6.07) is 31.8. The molecule has 0 amide bonds. The molecule has 0 saturated heterocycles. The van der Waals surface area contributed by atoms with Crippen LogP contribution >= 0.6 is 0 Å². The summed E-state index contributed by atoms with van der Waals surface area (Å²) in [5.41, 5.74) is 5.27. The Balaban J connectivity index is 1.80. The van der Waals surface area contributed by atoms with Crippen LogP contribution in [0.4, 0.5) is 0 Å². The second-order valence-corrected chi connectivity index (χ2v) is 9.60. The summed E-state index contributed by atoms with van der Waals surface area (Å²) in [6.45, 7) is 2.36. The van der Waals surface area contributed by atoms with E-state index in [2.05, 4.69) is 128 Å². The first-order valence-corrected chi connectivity index (χ1v) is 12.2. The lowest BCUT2D eigenvalue weighted by Gasteiger charge is -2.39. The number of hydrogen-bond acceptors (Lipinski definition) is 1. The summed E-state index contributed by atoms with van der Waals surface area (Å²) >= 11 is 0. The fourth-order valence-corrected chi connectivity index (χ4v) is 5.83. The van der Waals surface area contributed by atoms with Crippen LogP contribution < -0.4 is 0 Å². The van der Waals surface area contributed by atoms with E-state index in [9.17, 15) is 0 Å². The van der Waals surface area contributed by atoms with Gasteiger partial charge >= 0.3 is 0 Å². The van der Waals surface area contributed by atoms with Gasteiger partial charge in [0.25, 0.3) is 0 Å². The van der Waals surface area contributed by atoms with Gasteiger partial charge in [-0.15, -0.1) is 0 Å². The molecule has 0 fully saturated rings. The zero-order valence-corrected chi connectivity index (χ0v) is 19.6. The maximum atomic E-state index is 6.86. The highest BCUT2D eigenvalue weighted by Gasteiger charge is 2.38. The maximum Gasteiger partial charge on any atom is 0.164 e. The molecule has 7 rings (SSSR count). The average molecular weight is 452 g/mol. The van der Waals surface area contributed by atoms with Gasteiger partial charge in [0.2, 0.25) is 0 Å². The van der Waals surface area contributed by atoms with E-state index in [0.29, 0.717) is 0 Å². The van der Waals surface area contributed by atoms with Crippen LogP contribution in [-0.4, -0.2) is 4.74 Å². The van der Waals surface area contributed by atoms with Crippen LogP contribution in [0.15, 0.2) is 126 Å². The third kappa shape index (κ3) is 2.96. The number of benzene rings is 4. The monoisotopic (exact) mass is 451 g/mol. The van der Waals surface area contributed by atoms with Gasteiger partial charge in [0, 0.05) is 22.1 Å². The van der Waals surface area contributed by atoms with Crippen molar-refractivity contribution in [1.82, 2.24) is 4.74 Å². The number of para-hydroxylation sites is 2. The summed E-state index contributed by atoms with van der Waals surface area (Å²) in [5.74, 6) is 0.287. The number of allylic oxidation sites excluding steroid dienone is 5. The number of hydrogen-bond donors (Lipinski definition) is 0. The van der Waals surface area contributed by atoms with Crippen molar-refractivity contribution in [2.45, 2.75) is 12.3 Å². The van der Waals surface area contributed by atoms with Crippen molar-refractivity contribution in [2.75, 3.05) is 0 Å². The molecule has 1 aromatic heterocycles. The average Bonchev–Trinajstić information content (AvgIpc) is 2.90. The van der Waals surface area contributed by atoms with E-state index in [1.165, 1.54) is 32.7 Å². The Morgan fingerprint density at radius 2 is 1.51 bits per heavy atom. The molecule has 0 N–H and O–H groups in total. The lowest BCUT2D eigenvalue weighted by Crippen LogP contribution is -2.32. The minimum atomic E-state index is -0.191. The van der Waals surface area contributed by atoms with Crippen LogP contribution in [0.2, 0.25) is 0 Å². The van der Waals surface area contributed by atoms with E-state index in [1.807, 2.05) is 10.8 Å². The van der Waals surface area contributed by atoms with Gasteiger partial charge in [0.05, 0.1) is 11.2 Å². The minimum absolute atomic E-state index is 0.191. The normalized spacial score (nSPS) is 20.2. The molecule has 2 nitrogen and oxygen atoms in total. The molecule has 1 heterocycles. The fourth-order valence-electron chi connectivity index (χ4n) is 5.83. The zero-order valence-electron chi connectivity index (χ0n) is 19.6. The highest BCUT2D eigenvalue weighted by Crippen LogP contribution is 2.48. The topological polar surface area (TPSA) is 18.1 Å². The lowest BCUT2D eigenvalue weighted by atomic mass is 9.64. The van der Waals surface area contributed by atoms with Crippen molar-refractivity contribution >= 4 is 38.7 Å². The Bertz CT molecular complexity index is 1760. The Hall–Kier alpha value is -4.30. The molecule has 2 heteroatoms. The molecule has 35 heavy (non-hydrogen) atoms. The maximum absolute atomic E-state index is 6.86. The van der Waals surface area contributed by atoms with Gasteiger partial charge in [-0.25, -0.2) is 0 Å². The second kappa shape index (κ2) is 7.61. The summed E-state index contributed by atoms with van der Waals surface area (Å²) in [6.07, 6.45) is 13.7. The molecule has 5 aromatic rings. The smallest absolute Gasteiger partial charge is 0.164 e. The minimum Gasteiger partial charge on any atom is -0.374 e. The molecule has 2 aliphatic carbocycles. The van der Waals surface area contributed by atoms with Crippen LogP contribution in [0.25, 0.3) is 44.4 Å². The molecule has 2 atom stereocenters. The van der Waals surface area contributed by atoms with Gasteiger partial charge in [0.1, 0.15) is 0 Å². The van der Waals surface area contributed by atoms with Crippen molar-refractivity contribution in [3.8, 4) is 5.69 Å². The number of aromatic nitrogens is 1. The third-order valence-electron chi connectivity index (χ3n) is 7.58. The molecule has 2 aliphatic rings. The Kier molecular flexibility index (Phi) is 4.37. The highest BCUT2D eigenvalue weighted by atomic mass is 16.5. The van der Waals surface area contributed by atoms with Crippen molar-refractivity contribution in [1.29, 1.82) is 0 Å². The molecule has 168 valence electrons. The highest BCUT2D eigenvalue weighted by molar-refractivity contribution is 6.10. The molecule has 0 spiro atoms. The Labute approximate surface area is 204 Å². The van der Waals surface area contributed by atoms with Gasteiger partial charge in [-0.1, -0.05) is 110 Å². The van der Waals surface area contributed by atoms with Crippen LogP contribution in [0.3, 0.4) is 0 Å². The van der Waals surface area contributed by atoms with Crippen molar-refractivity contribution < 1.29 is 4.52 Å². The molecule has 0 bridgehead atoms. The van der Waals surface area contributed by atoms with E-state index < -0.39 is 0 Å². The number of fused-ring (bicyclic) bond motifs is 9. The first-order chi connectivity index (χ1) is 17.2. The van der Waals surface area contributed by atoms with E-state index in [1.54, 1.807) is 0 Å². The van der Waals surface area contributed by atoms with Gasteiger partial charge in [-0.05, 0) is 46.2 Å². The standard InChI is InChI=1S/C33H25NO/c1-33-22-10-9-12-24(33)19-20-28-27-16-7-8-17-29(27)34(25-13-3-2-4-14-25)35-30-21-18-23-11-5-6-15-26(23)31(30)32(28)33/h2-22,24H,1H3. The first kappa shape index (κ1) is 20.1. The van der Waals surface area contributed by atoms with Crippen LogP contribution in [0.5, 0.6) is 0 Å². The number of rotatable bonds is 1. The molecule has 4 aromatic carbocycles. The van der Waals surface area contributed by atoms with Crippen molar-refractivity contribution in [3.63, 3.8) is 0 Å². The molecule has 0 aliphatic heterocycles. The summed E-state index contributed by atoms with van der Waals surface area (Å²) in [5, 5.41) is 4.77. The van der Waals surface area contributed by atoms with Crippen LogP contribution in [0.1, 0.15) is 18.1 Å². The van der Waals surface area contributed by atoms with Crippen molar-refractivity contribution in [3.05, 3.63) is 133 Å². The summed E-state index contributed by atoms with van der Waals surface area (Å²) < 4.78 is 8.84. The van der Waals surface area contributed by atoms with Gasteiger partial charge in [0.15, 0.2) is 5.58 Å². The largest absolute Gasteiger partial charge is 0.374 e. The third-order valence-corrected chi connectivity index (χ3v) is 7.58. The van der Waals surface area contributed by atoms with E-state index in [-0.39, 0.29) is 11.3 Å². The van der Waals surface area contributed by atoms with E-state index in [0.717, 1.165) is 16.8 Å². The SMILES string of the molecule is CC12C=CC=CC1C=Cc1c2c2c(ccc3ccccc32)on(-c2ccccc2)c2ccccc12. The first-order valence-electron chi connectivity index (χ1n) is 12.2. The van der Waals surface area contributed by atoms with E-state index in [4.69, 9.17) is 4.52 Å². The van der Waals surface area contributed by atoms with Crippen LogP contribution in [-0.2, 0) is 5.41 Å². The lowest BCUT2D eigenvalue weighted by molar-refractivity contribution is 0.379. The van der Waals surface area contributed by atoms with Crippen molar-refractivity contribution in [2.24, 2.45) is 5.92 Å². The predicted molar refractivity (Wildman–Crippen MR) is 146 cm³/mol. The molecule has 2 unspecified atom stereocenters. The predicted octanol–water partition coefficient (Wildman–Crippen LogP) is 8.68. The summed E-state index contributed by atoms with van der Waals surface area (Å²) in [4.78, 5) is 0. The summed E-state index contributed by atoms with van der Waals surface area (Å²) in [7, 11) is 0. The Morgan fingerprint density at radius 3 is 2.40 bits per heavy atom. The van der Waals surface area contributed by atoms with Crippen LogP contribution in [0, 0.1) is 5.92 Å². The molecular weight excluding hydrogens is 426 g/mol. The van der Waals surface area contributed by atoms with Gasteiger partial charge < -0.3 is 4.52 Å². The number of nitrogens with zero attached hydrogens (tertiary/aromatic N) is 1. The zero-order chi connectivity index (χ0) is 23.4. The van der Waals surface area contributed by atoms with Gasteiger partial charge in [-0.3, -0.25) is 0 Å².